The van der Waals surface area contributed by atoms with E-state index in [0.717, 1.165) is 11.3 Å². The van der Waals surface area contributed by atoms with Crippen molar-refractivity contribution in [2.24, 2.45) is 0 Å². The number of pyridine rings is 1. The summed E-state index contributed by atoms with van der Waals surface area (Å²) < 4.78 is 5.30. The average molecular weight is 240 g/mol. The lowest BCUT2D eigenvalue weighted by molar-refractivity contribution is -0.118. The Morgan fingerprint density at radius 3 is 2.72 bits per heavy atom. The van der Waals surface area contributed by atoms with Gasteiger partial charge in [0.05, 0.1) is 5.69 Å². The third kappa shape index (κ3) is 1.93. The van der Waals surface area contributed by atoms with Crippen molar-refractivity contribution in [1.29, 1.82) is 0 Å². The molecule has 4 nitrogen and oxygen atoms in total. The topological polar surface area (TPSA) is 51.2 Å². The average Bonchev–Trinajstić information content (AvgIpc) is 2.39. The van der Waals surface area contributed by atoms with Crippen LogP contribution in [-0.4, -0.2) is 17.5 Å². The van der Waals surface area contributed by atoms with Crippen LogP contribution in [0.15, 0.2) is 36.4 Å². The number of fused-ring (bicyclic) bond motifs is 1. The monoisotopic (exact) mass is 240 g/mol. The molecule has 18 heavy (non-hydrogen) atoms. The molecule has 0 radical (unpaired) electrons. The van der Waals surface area contributed by atoms with Crippen LogP contribution in [0.3, 0.4) is 0 Å². The highest BCUT2D eigenvalue weighted by molar-refractivity contribution is 5.95. The van der Waals surface area contributed by atoms with Gasteiger partial charge in [-0.05, 0) is 19.1 Å². The van der Waals surface area contributed by atoms with Gasteiger partial charge in [0.15, 0.2) is 6.61 Å². The van der Waals surface area contributed by atoms with E-state index in [4.69, 9.17) is 4.74 Å². The molecule has 2 heterocycles. The Morgan fingerprint density at radius 2 is 1.94 bits per heavy atom. The SMILES string of the molecule is Cc1ccc(-c2ccc3c(n2)OCC(=O)N3)cc1. The minimum atomic E-state index is -0.146. The Hall–Kier alpha value is -2.36. The molecule has 0 saturated carbocycles. The Morgan fingerprint density at radius 1 is 1.17 bits per heavy atom. The minimum Gasteiger partial charge on any atom is -0.466 e. The first-order chi connectivity index (χ1) is 8.72. The lowest BCUT2D eigenvalue weighted by atomic mass is 10.1. The molecule has 0 spiro atoms. The number of hydrogen-bond donors (Lipinski definition) is 1. The smallest absolute Gasteiger partial charge is 0.262 e. The maximum absolute atomic E-state index is 11.2. The van der Waals surface area contributed by atoms with Crippen LogP contribution in [0, 0.1) is 6.92 Å². The van der Waals surface area contributed by atoms with Crippen LogP contribution < -0.4 is 10.1 Å². The van der Waals surface area contributed by atoms with E-state index in [1.165, 1.54) is 5.56 Å². The number of amides is 1. The van der Waals surface area contributed by atoms with E-state index in [0.29, 0.717) is 11.6 Å². The number of carbonyl (C=O) groups is 1. The summed E-state index contributed by atoms with van der Waals surface area (Å²) in [5.74, 6) is 0.333. The van der Waals surface area contributed by atoms with Gasteiger partial charge in [0.2, 0.25) is 5.88 Å². The van der Waals surface area contributed by atoms with Crippen LogP contribution in [0.1, 0.15) is 5.56 Å². The van der Waals surface area contributed by atoms with E-state index in [1.807, 2.05) is 43.3 Å². The fourth-order valence-electron chi connectivity index (χ4n) is 1.85. The van der Waals surface area contributed by atoms with Gasteiger partial charge in [-0.15, -0.1) is 0 Å². The van der Waals surface area contributed by atoms with Crippen LogP contribution >= 0.6 is 0 Å². The van der Waals surface area contributed by atoms with Gasteiger partial charge in [-0.2, -0.15) is 0 Å². The number of nitrogens with zero attached hydrogens (tertiary/aromatic N) is 1. The zero-order chi connectivity index (χ0) is 12.5. The quantitative estimate of drug-likeness (QED) is 0.832. The largest absolute Gasteiger partial charge is 0.466 e. The summed E-state index contributed by atoms with van der Waals surface area (Å²) in [5, 5.41) is 2.72. The zero-order valence-electron chi connectivity index (χ0n) is 9.93. The van der Waals surface area contributed by atoms with E-state index >= 15 is 0 Å². The van der Waals surface area contributed by atoms with Crippen molar-refractivity contribution in [3.63, 3.8) is 0 Å². The van der Waals surface area contributed by atoms with Crippen molar-refractivity contribution < 1.29 is 9.53 Å². The lowest BCUT2D eigenvalue weighted by Crippen LogP contribution is -2.25. The summed E-state index contributed by atoms with van der Waals surface area (Å²) in [6, 6.07) is 11.8. The van der Waals surface area contributed by atoms with Crippen LogP contribution in [0.5, 0.6) is 5.88 Å². The molecule has 3 rings (SSSR count). The second kappa shape index (κ2) is 4.14. The Bertz CT molecular complexity index is 606. The molecule has 4 heteroatoms. The normalized spacial score (nSPS) is 13.5. The van der Waals surface area contributed by atoms with Crippen molar-refractivity contribution >= 4 is 11.6 Å². The minimum absolute atomic E-state index is 0.0251. The number of benzene rings is 1. The molecule has 0 atom stereocenters. The second-order valence-corrected chi connectivity index (χ2v) is 4.25. The molecule has 1 amide bonds. The third-order valence-corrected chi connectivity index (χ3v) is 2.82. The summed E-state index contributed by atoms with van der Waals surface area (Å²) in [5.41, 5.74) is 3.70. The van der Waals surface area contributed by atoms with Gasteiger partial charge in [0.1, 0.15) is 5.69 Å². The number of nitrogens with one attached hydrogen (secondary N) is 1. The fraction of sp³-hybridized carbons (Fsp3) is 0.143. The van der Waals surface area contributed by atoms with Crippen molar-refractivity contribution in [3.8, 4) is 17.1 Å². The maximum Gasteiger partial charge on any atom is 0.262 e. The molecule has 90 valence electrons. The molecule has 1 N–H and O–H groups in total. The van der Waals surface area contributed by atoms with Crippen LogP contribution in [0.2, 0.25) is 0 Å². The van der Waals surface area contributed by atoms with Gasteiger partial charge in [0, 0.05) is 5.56 Å². The van der Waals surface area contributed by atoms with Crippen LogP contribution in [-0.2, 0) is 4.79 Å². The van der Waals surface area contributed by atoms with Gasteiger partial charge < -0.3 is 10.1 Å². The summed E-state index contributed by atoms with van der Waals surface area (Å²) in [4.78, 5) is 15.6. The predicted molar refractivity (Wildman–Crippen MR) is 68.5 cm³/mol. The molecule has 2 aromatic rings. The highest BCUT2D eigenvalue weighted by Crippen LogP contribution is 2.29. The summed E-state index contributed by atoms with van der Waals surface area (Å²) in [6.07, 6.45) is 0. The van der Waals surface area contributed by atoms with Crippen molar-refractivity contribution in [2.75, 3.05) is 11.9 Å². The molecule has 1 aliphatic heterocycles. The number of hydrogen-bond acceptors (Lipinski definition) is 3. The highest BCUT2D eigenvalue weighted by Gasteiger charge is 2.17. The Labute approximate surface area is 105 Å². The Balaban J connectivity index is 1.99. The molecular formula is C14H12N2O2. The first kappa shape index (κ1) is 10.8. The molecule has 1 aliphatic rings. The van der Waals surface area contributed by atoms with Gasteiger partial charge >= 0.3 is 0 Å². The van der Waals surface area contributed by atoms with E-state index in [9.17, 15) is 4.79 Å². The van der Waals surface area contributed by atoms with E-state index < -0.39 is 0 Å². The third-order valence-electron chi connectivity index (χ3n) is 2.82. The number of aromatic nitrogens is 1. The first-order valence-electron chi connectivity index (χ1n) is 5.73. The number of rotatable bonds is 1. The fourth-order valence-corrected chi connectivity index (χ4v) is 1.85. The number of aryl methyl sites for hydroxylation is 1. The van der Waals surface area contributed by atoms with Gasteiger partial charge in [-0.1, -0.05) is 29.8 Å². The molecule has 0 bridgehead atoms. The Kier molecular flexibility index (Phi) is 2.48. The van der Waals surface area contributed by atoms with Crippen LogP contribution in [0.25, 0.3) is 11.3 Å². The van der Waals surface area contributed by atoms with Crippen LogP contribution in [0.4, 0.5) is 5.69 Å². The molecule has 0 fully saturated rings. The van der Waals surface area contributed by atoms with Gasteiger partial charge in [-0.3, -0.25) is 4.79 Å². The standard InChI is InChI=1S/C14H12N2O2/c1-9-2-4-10(5-3-9)11-6-7-12-14(16-11)18-8-13(17)15-12/h2-7H,8H2,1H3,(H,15,17). The maximum atomic E-state index is 11.2. The lowest BCUT2D eigenvalue weighted by Gasteiger charge is -2.17. The molecule has 0 aliphatic carbocycles. The summed E-state index contributed by atoms with van der Waals surface area (Å²) in [7, 11) is 0. The second-order valence-electron chi connectivity index (χ2n) is 4.25. The number of anilines is 1. The highest BCUT2D eigenvalue weighted by atomic mass is 16.5. The van der Waals surface area contributed by atoms with E-state index in [-0.39, 0.29) is 12.5 Å². The number of ether oxygens (including phenoxy) is 1. The van der Waals surface area contributed by atoms with Crippen molar-refractivity contribution in [3.05, 3.63) is 42.0 Å². The summed E-state index contributed by atoms with van der Waals surface area (Å²) >= 11 is 0. The molecule has 1 aromatic heterocycles. The van der Waals surface area contributed by atoms with Crippen molar-refractivity contribution in [1.82, 2.24) is 4.98 Å². The predicted octanol–water partition coefficient (Wildman–Crippen LogP) is 2.39. The van der Waals surface area contributed by atoms with E-state index in [2.05, 4.69) is 10.3 Å². The molecule has 0 saturated heterocycles. The van der Waals surface area contributed by atoms with Crippen molar-refractivity contribution in [2.45, 2.75) is 6.92 Å². The molecular weight excluding hydrogens is 228 g/mol. The van der Waals surface area contributed by atoms with E-state index in [1.54, 1.807) is 0 Å². The van der Waals surface area contributed by atoms with Gasteiger partial charge in [-0.25, -0.2) is 4.98 Å². The van der Waals surface area contributed by atoms with Gasteiger partial charge in [0.25, 0.3) is 5.91 Å². The summed E-state index contributed by atoms with van der Waals surface area (Å²) in [6.45, 7) is 2.07. The molecule has 1 aromatic carbocycles. The first-order valence-corrected chi connectivity index (χ1v) is 5.73. The number of carbonyl (C=O) groups excluding carboxylic acids is 1. The molecule has 0 unspecified atom stereocenters. The zero-order valence-corrected chi connectivity index (χ0v) is 9.93.